The maximum Gasteiger partial charge on any atom is 0.253 e. The molecule has 0 saturated carbocycles. The minimum atomic E-state index is -0.0826. The number of anilines is 1. The molecule has 0 spiro atoms. The molecular formula is C17H20N2O2. The average Bonchev–Trinajstić information content (AvgIpc) is 2.44. The second-order valence-electron chi connectivity index (χ2n) is 5.32. The Balaban J connectivity index is 2.37. The van der Waals surface area contributed by atoms with E-state index in [2.05, 4.69) is 0 Å². The van der Waals surface area contributed by atoms with E-state index in [0.717, 1.165) is 16.9 Å². The third-order valence-corrected chi connectivity index (χ3v) is 3.23. The van der Waals surface area contributed by atoms with Crippen LogP contribution in [-0.2, 0) is 0 Å². The Morgan fingerprint density at radius 3 is 2.43 bits per heavy atom. The number of carbonyl (C=O) groups is 1. The van der Waals surface area contributed by atoms with Crippen molar-refractivity contribution < 1.29 is 9.53 Å². The monoisotopic (exact) mass is 284 g/mol. The molecule has 4 nitrogen and oxygen atoms in total. The molecule has 2 aromatic carbocycles. The van der Waals surface area contributed by atoms with Gasteiger partial charge in [-0.3, -0.25) is 4.79 Å². The lowest BCUT2D eigenvalue weighted by Crippen LogP contribution is -2.21. The first-order valence-corrected chi connectivity index (χ1v) is 6.75. The van der Waals surface area contributed by atoms with Crippen LogP contribution in [0.3, 0.4) is 0 Å². The van der Waals surface area contributed by atoms with Gasteiger partial charge in [-0.15, -0.1) is 0 Å². The highest BCUT2D eigenvalue weighted by Gasteiger charge is 2.12. The van der Waals surface area contributed by atoms with E-state index in [1.165, 1.54) is 4.90 Å². The Morgan fingerprint density at radius 1 is 1.05 bits per heavy atom. The maximum absolute atomic E-state index is 12.0. The van der Waals surface area contributed by atoms with Crippen molar-refractivity contribution in [3.63, 3.8) is 0 Å². The van der Waals surface area contributed by atoms with Gasteiger partial charge in [-0.1, -0.05) is 12.1 Å². The number of benzene rings is 2. The summed E-state index contributed by atoms with van der Waals surface area (Å²) in [7, 11) is 3.42. The average molecular weight is 284 g/mol. The Hall–Kier alpha value is -2.49. The van der Waals surface area contributed by atoms with Gasteiger partial charge in [0.1, 0.15) is 5.75 Å². The van der Waals surface area contributed by atoms with Crippen LogP contribution in [-0.4, -0.2) is 24.9 Å². The van der Waals surface area contributed by atoms with E-state index in [0.29, 0.717) is 17.0 Å². The van der Waals surface area contributed by atoms with Crippen molar-refractivity contribution in [2.75, 3.05) is 19.8 Å². The normalized spacial score (nSPS) is 10.3. The van der Waals surface area contributed by atoms with Crippen LogP contribution < -0.4 is 10.5 Å². The molecule has 4 heteroatoms. The van der Waals surface area contributed by atoms with E-state index < -0.39 is 0 Å². The van der Waals surface area contributed by atoms with Crippen molar-refractivity contribution in [3.8, 4) is 11.5 Å². The molecule has 1 amide bonds. The first kappa shape index (κ1) is 14.9. The topological polar surface area (TPSA) is 55.6 Å². The number of hydrogen-bond acceptors (Lipinski definition) is 3. The standard InChI is InChI=1S/C17H20N2O2/c1-11-5-6-12(2)15(9-11)21-16-10-13(7-8-14(16)18)17(20)19(3)4/h5-10H,18H2,1-4H3. The molecule has 0 aromatic heterocycles. The van der Waals surface area contributed by atoms with Gasteiger partial charge in [0.25, 0.3) is 5.91 Å². The van der Waals surface area contributed by atoms with E-state index in [-0.39, 0.29) is 5.91 Å². The molecule has 0 unspecified atom stereocenters. The number of amides is 1. The van der Waals surface area contributed by atoms with Gasteiger partial charge in [0.2, 0.25) is 0 Å². The van der Waals surface area contributed by atoms with E-state index in [9.17, 15) is 4.79 Å². The largest absolute Gasteiger partial charge is 0.455 e. The number of nitrogens with zero attached hydrogens (tertiary/aromatic N) is 1. The number of ether oxygens (including phenoxy) is 1. The first-order chi connectivity index (χ1) is 9.88. The molecule has 0 heterocycles. The molecule has 2 N–H and O–H groups in total. The van der Waals surface area contributed by atoms with Crippen molar-refractivity contribution in [2.45, 2.75) is 13.8 Å². The summed E-state index contributed by atoms with van der Waals surface area (Å²) in [5.74, 6) is 1.16. The number of hydrogen-bond donors (Lipinski definition) is 1. The zero-order chi connectivity index (χ0) is 15.6. The van der Waals surface area contributed by atoms with E-state index in [1.54, 1.807) is 32.3 Å². The Kier molecular flexibility index (Phi) is 4.17. The van der Waals surface area contributed by atoms with Gasteiger partial charge < -0.3 is 15.4 Å². The van der Waals surface area contributed by atoms with Gasteiger partial charge in [-0.05, 0) is 49.2 Å². The summed E-state index contributed by atoms with van der Waals surface area (Å²) in [4.78, 5) is 13.5. The Morgan fingerprint density at radius 2 is 1.76 bits per heavy atom. The van der Waals surface area contributed by atoms with Crippen molar-refractivity contribution in [3.05, 3.63) is 53.1 Å². The predicted octanol–water partition coefficient (Wildman–Crippen LogP) is 3.38. The zero-order valence-corrected chi connectivity index (χ0v) is 12.8. The van der Waals surface area contributed by atoms with Crippen LogP contribution >= 0.6 is 0 Å². The fourth-order valence-electron chi connectivity index (χ4n) is 1.95. The minimum Gasteiger partial charge on any atom is -0.455 e. The van der Waals surface area contributed by atoms with Crippen LogP contribution in [0.1, 0.15) is 21.5 Å². The van der Waals surface area contributed by atoms with E-state index in [1.807, 2.05) is 32.0 Å². The molecule has 0 fully saturated rings. The highest BCUT2D eigenvalue weighted by Crippen LogP contribution is 2.31. The molecule has 0 radical (unpaired) electrons. The SMILES string of the molecule is Cc1ccc(C)c(Oc2cc(C(=O)N(C)C)ccc2N)c1. The number of aryl methyl sites for hydroxylation is 2. The second-order valence-corrected chi connectivity index (χ2v) is 5.32. The van der Waals surface area contributed by atoms with Gasteiger partial charge in [0.05, 0.1) is 5.69 Å². The zero-order valence-electron chi connectivity index (χ0n) is 12.8. The smallest absolute Gasteiger partial charge is 0.253 e. The first-order valence-electron chi connectivity index (χ1n) is 6.75. The lowest BCUT2D eigenvalue weighted by Gasteiger charge is -2.14. The lowest BCUT2D eigenvalue weighted by molar-refractivity contribution is 0.0827. The summed E-state index contributed by atoms with van der Waals surface area (Å²) in [6.07, 6.45) is 0. The van der Waals surface area contributed by atoms with Crippen molar-refractivity contribution >= 4 is 11.6 Å². The summed E-state index contributed by atoms with van der Waals surface area (Å²) in [5, 5.41) is 0. The van der Waals surface area contributed by atoms with Crippen LogP contribution in [0.4, 0.5) is 5.69 Å². The lowest BCUT2D eigenvalue weighted by atomic mass is 10.1. The molecule has 110 valence electrons. The van der Waals surface area contributed by atoms with Gasteiger partial charge in [-0.2, -0.15) is 0 Å². The second kappa shape index (κ2) is 5.87. The fraction of sp³-hybridized carbons (Fsp3) is 0.235. The van der Waals surface area contributed by atoms with E-state index in [4.69, 9.17) is 10.5 Å². The fourth-order valence-corrected chi connectivity index (χ4v) is 1.95. The Labute approximate surface area is 125 Å². The molecule has 2 rings (SSSR count). The van der Waals surface area contributed by atoms with Gasteiger partial charge in [0.15, 0.2) is 5.75 Å². The van der Waals surface area contributed by atoms with Crippen LogP contribution in [0, 0.1) is 13.8 Å². The van der Waals surface area contributed by atoms with Crippen LogP contribution in [0.5, 0.6) is 11.5 Å². The third-order valence-electron chi connectivity index (χ3n) is 3.23. The summed E-state index contributed by atoms with van der Waals surface area (Å²) in [5.41, 5.74) is 9.13. The minimum absolute atomic E-state index is 0.0826. The Bertz CT molecular complexity index is 678. The molecule has 0 aliphatic heterocycles. The van der Waals surface area contributed by atoms with Crippen molar-refractivity contribution in [2.24, 2.45) is 0 Å². The van der Waals surface area contributed by atoms with Crippen LogP contribution in [0.2, 0.25) is 0 Å². The highest BCUT2D eigenvalue weighted by atomic mass is 16.5. The third kappa shape index (κ3) is 3.34. The van der Waals surface area contributed by atoms with Gasteiger partial charge in [-0.25, -0.2) is 0 Å². The summed E-state index contributed by atoms with van der Waals surface area (Å²) in [6, 6.07) is 11.0. The molecule has 0 aliphatic rings. The number of carbonyl (C=O) groups excluding carboxylic acids is 1. The predicted molar refractivity (Wildman–Crippen MR) is 84.9 cm³/mol. The van der Waals surface area contributed by atoms with Crippen LogP contribution in [0.15, 0.2) is 36.4 Å². The van der Waals surface area contributed by atoms with Crippen molar-refractivity contribution in [1.29, 1.82) is 0 Å². The molecular weight excluding hydrogens is 264 g/mol. The molecule has 2 aromatic rings. The molecule has 21 heavy (non-hydrogen) atoms. The van der Waals surface area contributed by atoms with E-state index >= 15 is 0 Å². The van der Waals surface area contributed by atoms with Gasteiger partial charge in [0, 0.05) is 19.7 Å². The number of nitrogens with two attached hydrogens (primary N) is 1. The molecule has 0 saturated heterocycles. The number of nitrogen functional groups attached to an aromatic ring is 1. The summed E-state index contributed by atoms with van der Waals surface area (Å²) < 4.78 is 5.90. The number of rotatable bonds is 3. The molecule has 0 atom stereocenters. The maximum atomic E-state index is 12.0. The molecule has 0 aliphatic carbocycles. The summed E-state index contributed by atoms with van der Waals surface area (Å²) in [6.45, 7) is 3.97. The highest BCUT2D eigenvalue weighted by molar-refractivity contribution is 5.94. The molecule has 0 bridgehead atoms. The summed E-state index contributed by atoms with van der Waals surface area (Å²) >= 11 is 0. The quantitative estimate of drug-likeness (QED) is 0.879. The van der Waals surface area contributed by atoms with Gasteiger partial charge >= 0.3 is 0 Å². The van der Waals surface area contributed by atoms with Crippen molar-refractivity contribution in [1.82, 2.24) is 4.90 Å². The van der Waals surface area contributed by atoms with Crippen LogP contribution in [0.25, 0.3) is 0 Å².